The molecule has 9 heteroatoms. The molecule has 0 radical (unpaired) electrons. The Labute approximate surface area is 165 Å². The van der Waals surface area contributed by atoms with Gasteiger partial charge in [0.1, 0.15) is 0 Å². The van der Waals surface area contributed by atoms with Gasteiger partial charge in [-0.3, -0.25) is 19.7 Å². The van der Waals surface area contributed by atoms with Gasteiger partial charge in [-0.2, -0.15) is 5.10 Å². The molecule has 3 rings (SSSR count). The molecular weight excluding hydrogens is 384 g/mol. The molecule has 1 saturated heterocycles. The van der Waals surface area contributed by atoms with E-state index in [1.54, 1.807) is 43.3 Å². The summed E-state index contributed by atoms with van der Waals surface area (Å²) < 4.78 is 0. The Hall–Kier alpha value is -3.52. The maximum Gasteiger partial charge on any atom is 0.335 e. The molecule has 0 bridgehead atoms. The van der Waals surface area contributed by atoms with Crippen LogP contribution in [0.1, 0.15) is 15.9 Å². The van der Waals surface area contributed by atoms with E-state index in [0.717, 1.165) is 11.1 Å². The van der Waals surface area contributed by atoms with Crippen molar-refractivity contribution < 1.29 is 19.2 Å². The number of imide groups is 2. The minimum atomic E-state index is -1.36. The third-order valence-corrected chi connectivity index (χ3v) is 4.31. The molecule has 0 spiro atoms. The van der Waals surface area contributed by atoms with Crippen LogP contribution >= 0.6 is 11.6 Å². The van der Waals surface area contributed by atoms with E-state index < -0.39 is 29.7 Å². The Kier molecular flexibility index (Phi) is 5.51. The van der Waals surface area contributed by atoms with Crippen LogP contribution in [0.3, 0.4) is 0 Å². The van der Waals surface area contributed by atoms with Gasteiger partial charge in [-0.15, -0.1) is 0 Å². The number of nitrogens with zero attached hydrogens (tertiary/aromatic N) is 2. The Bertz CT molecular complexity index is 988. The number of halogens is 1. The maximum absolute atomic E-state index is 12.7. The van der Waals surface area contributed by atoms with Crippen molar-refractivity contribution in [1.29, 1.82) is 0 Å². The Morgan fingerprint density at radius 3 is 2.50 bits per heavy atom. The van der Waals surface area contributed by atoms with Crippen molar-refractivity contribution in [2.24, 2.45) is 11.0 Å². The molecule has 1 unspecified atom stereocenters. The fourth-order valence-corrected chi connectivity index (χ4v) is 2.73. The summed E-state index contributed by atoms with van der Waals surface area (Å²) in [5, 5.41) is 6.29. The summed E-state index contributed by atoms with van der Waals surface area (Å²) >= 11 is 5.77. The quantitative estimate of drug-likeness (QED) is 0.467. The monoisotopic (exact) mass is 398 g/mol. The van der Waals surface area contributed by atoms with Gasteiger partial charge >= 0.3 is 6.03 Å². The first-order valence-corrected chi connectivity index (χ1v) is 8.60. The fourth-order valence-electron chi connectivity index (χ4n) is 2.60. The second-order valence-electron chi connectivity index (χ2n) is 5.96. The average molecular weight is 399 g/mol. The Balaban J connectivity index is 1.76. The predicted molar refractivity (Wildman–Crippen MR) is 103 cm³/mol. The number of rotatable bonds is 4. The normalized spacial score (nSPS) is 17.0. The van der Waals surface area contributed by atoms with E-state index in [1.807, 2.05) is 0 Å². The molecule has 28 heavy (non-hydrogen) atoms. The number of anilines is 1. The first-order chi connectivity index (χ1) is 13.4. The maximum atomic E-state index is 12.7. The molecule has 2 aromatic carbocycles. The highest BCUT2D eigenvalue weighted by Gasteiger charge is 2.40. The van der Waals surface area contributed by atoms with Crippen molar-refractivity contribution in [1.82, 2.24) is 10.7 Å². The van der Waals surface area contributed by atoms with E-state index in [-0.39, 0.29) is 0 Å². The van der Waals surface area contributed by atoms with Crippen molar-refractivity contribution in [2.75, 3.05) is 4.90 Å². The summed E-state index contributed by atoms with van der Waals surface area (Å²) in [6.45, 7) is 1.74. The zero-order valence-electron chi connectivity index (χ0n) is 14.7. The van der Waals surface area contributed by atoms with Crippen LogP contribution < -0.4 is 15.6 Å². The van der Waals surface area contributed by atoms with E-state index in [4.69, 9.17) is 11.6 Å². The molecule has 1 heterocycles. The van der Waals surface area contributed by atoms with Crippen LogP contribution in [0.15, 0.2) is 53.6 Å². The lowest BCUT2D eigenvalue weighted by molar-refractivity contribution is -0.131. The van der Waals surface area contributed by atoms with Gasteiger partial charge in [0.05, 0.1) is 5.69 Å². The van der Waals surface area contributed by atoms with Crippen LogP contribution in [0.5, 0.6) is 0 Å². The molecule has 1 atom stereocenters. The number of carbonyl (C=O) groups excluding carboxylic acids is 4. The lowest BCUT2D eigenvalue weighted by atomic mass is 10.0. The molecular formula is C19H15ClN4O4. The Morgan fingerprint density at radius 1 is 1.14 bits per heavy atom. The number of nitrogens with one attached hydrogen (secondary N) is 2. The zero-order valence-corrected chi connectivity index (χ0v) is 15.4. The van der Waals surface area contributed by atoms with Crippen molar-refractivity contribution in [3.05, 3.63) is 64.7 Å². The summed E-state index contributed by atoms with van der Waals surface area (Å²) in [6.07, 6.45) is 0.989. The standard InChI is InChI=1S/C19H15ClN4O4/c1-11-4-2-3-5-15(11)24-18(27)14(17(26)22-19(24)28)10-21-23-16(25)12-6-8-13(20)9-7-12/h2-10,14H,1H3,(H,23,25)(H,22,26,28). The highest BCUT2D eigenvalue weighted by atomic mass is 35.5. The number of barbiturate groups is 1. The SMILES string of the molecule is Cc1ccccc1N1C(=O)NC(=O)C(C=NNC(=O)c2ccc(Cl)cc2)C1=O. The molecule has 0 aromatic heterocycles. The van der Waals surface area contributed by atoms with Gasteiger partial charge < -0.3 is 0 Å². The molecule has 5 amide bonds. The van der Waals surface area contributed by atoms with E-state index in [1.165, 1.54) is 12.1 Å². The van der Waals surface area contributed by atoms with E-state index in [9.17, 15) is 19.2 Å². The number of urea groups is 1. The molecule has 1 fully saturated rings. The molecule has 1 aliphatic rings. The molecule has 2 N–H and O–H groups in total. The second kappa shape index (κ2) is 8.01. The first kappa shape index (κ1) is 19.2. The minimum absolute atomic E-state index is 0.303. The summed E-state index contributed by atoms with van der Waals surface area (Å²) in [5.41, 5.74) is 3.59. The van der Waals surface area contributed by atoms with Crippen LogP contribution in [0, 0.1) is 12.8 Å². The van der Waals surface area contributed by atoms with Gasteiger partial charge in [0.25, 0.3) is 11.8 Å². The molecule has 1 aliphatic heterocycles. The summed E-state index contributed by atoms with van der Waals surface area (Å²) in [6, 6.07) is 12.0. The molecule has 8 nitrogen and oxygen atoms in total. The lowest BCUT2D eigenvalue weighted by Gasteiger charge is -2.29. The van der Waals surface area contributed by atoms with Crippen LogP contribution in [0.2, 0.25) is 5.02 Å². The first-order valence-electron chi connectivity index (χ1n) is 8.22. The number of benzene rings is 2. The van der Waals surface area contributed by atoms with Gasteiger partial charge in [-0.1, -0.05) is 29.8 Å². The molecule has 0 aliphatic carbocycles. The van der Waals surface area contributed by atoms with Crippen LogP contribution in [0.25, 0.3) is 0 Å². The van der Waals surface area contributed by atoms with E-state index in [0.29, 0.717) is 21.8 Å². The summed E-state index contributed by atoms with van der Waals surface area (Å²) in [5.74, 6) is -3.47. The third kappa shape index (κ3) is 3.91. The molecule has 142 valence electrons. The van der Waals surface area contributed by atoms with Crippen LogP contribution in [-0.2, 0) is 9.59 Å². The van der Waals surface area contributed by atoms with Crippen LogP contribution in [0.4, 0.5) is 10.5 Å². The highest BCUT2D eigenvalue weighted by Crippen LogP contribution is 2.23. The van der Waals surface area contributed by atoms with Crippen molar-refractivity contribution >= 4 is 47.3 Å². The number of amides is 5. The smallest absolute Gasteiger partial charge is 0.276 e. The number of carbonyl (C=O) groups is 4. The lowest BCUT2D eigenvalue weighted by Crippen LogP contribution is -2.59. The summed E-state index contributed by atoms with van der Waals surface area (Å²) in [7, 11) is 0. The topological polar surface area (TPSA) is 108 Å². The third-order valence-electron chi connectivity index (χ3n) is 4.05. The van der Waals surface area contributed by atoms with Gasteiger partial charge in [-0.05, 0) is 42.8 Å². The number of aryl methyl sites for hydroxylation is 1. The van der Waals surface area contributed by atoms with Gasteiger partial charge in [-0.25, -0.2) is 15.1 Å². The van der Waals surface area contributed by atoms with Crippen LogP contribution in [-0.4, -0.2) is 30.0 Å². The fraction of sp³-hybridized carbons (Fsp3) is 0.105. The Morgan fingerprint density at radius 2 is 1.82 bits per heavy atom. The zero-order chi connectivity index (χ0) is 20.3. The highest BCUT2D eigenvalue weighted by molar-refractivity contribution is 6.32. The second-order valence-corrected chi connectivity index (χ2v) is 6.39. The number of hydrazone groups is 1. The van der Waals surface area contributed by atoms with Crippen molar-refractivity contribution in [2.45, 2.75) is 6.92 Å². The van der Waals surface area contributed by atoms with Gasteiger partial charge in [0.15, 0.2) is 5.92 Å². The summed E-state index contributed by atoms with van der Waals surface area (Å²) in [4.78, 5) is 49.8. The average Bonchev–Trinajstić information content (AvgIpc) is 2.66. The van der Waals surface area contributed by atoms with E-state index in [2.05, 4.69) is 15.8 Å². The minimum Gasteiger partial charge on any atom is -0.276 e. The van der Waals surface area contributed by atoms with Gasteiger partial charge in [0, 0.05) is 16.8 Å². The molecule has 2 aromatic rings. The number of hydrogen-bond acceptors (Lipinski definition) is 5. The van der Waals surface area contributed by atoms with Crippen molar-refractivity contribution in [3.8, 4) is 0 Å². The predicted octanol–water partition coefficient (Wildman–Crippen LogP) is 2.26. The largest absolute Gasteiger partial charge is 0.335 e. The molecule has 0 saturated carbocycles. The van der Waals surface area contributed by atoms with E-state index >= 15 is 0 Å². The number of hydrogen-bond donors (Lipinski definition) is 2. The number of para-hydroxylation sites is 1. The van der Waals surface area contributed by atoms with Gasteiger partial charge in [0.2, 0.25) is 5.91 Å². The van der Waals surface area contributed by atoms with Crippen molar-refractivity contribution in [3.63, 3.8) is 0 Å².